The number of benzene rings is 1. The minimum absolute atomic E-state index is 0.207. The molecule has 168 valence electrons. The fraction of sp³-hybridized carbons (Fsp3) is 0.760. The van der Waals surface area contributed by atoms with E-state index in [9.17, 15) is 0 Å². The number of hydrogen-bond acceptors (Lipinski definition) is 4. The summed E-state index contributed by atoms with van der Waals surface area (Å²) in [5.74, 6) is 0.998. The van der Waals surface area contributed by atoms with Crippen LogP contribution in [0.15, 0.2) is 18.2 Å². The van der Waals surface area contributed by atoms with Crippen LogP contribution in [-0.4, -0.2) is 25.2 Å². The van der Waals surface area contributed by atoms with Gasteiger partial charge in [0.1, 0.15) is 5.75 Å². The van der Waals surface area contributed by atoms with E-state index in [0.717, 1.165) is 50.7 Å². The van der Waals surface area contributed by atoms with E-state index in [0.29, 0.717) is 19.7 Å². The molecule has 0 radical (unpaired) electrons. The molecular formula is C25H47N3O. The van der Waals surface area contributed by atoms with Crippen molar-refractivity contribution < 1.29 is 4.74 Å². The van der Waals surface area contributed by atoms with Crippen molar-refractivity contribution in [2.45, 2.75) is 92.0 Å². The van der Waals surface area contributed by atoms with Gasteiger partial charge in [0, 0.05) is 5.54 Å². The maximum atomic E-state index is 6.68. The van der Waals surface area contributed by atoms with E-state index >= 15 is 0 Å². The van der Waals surface area contributed by atoms with E-state index in [1.165, 1.54) is 11.1 Å². The third-order valence-electron chi connectivity index (χ3n) is 5.20. The van der Waals surface area contributed by atoms with Gasteiger partial charge in [-0.1, -0.05) is 53.7 Å². The molecule has 29 heavy (non-hydrogen) atoms. The summed E-state index contributed by atoms with van der Waals surface area (Å²) in [5.41, 5.74) is 21.0. The van der Waals surface area contributed by atoms with Crippen molar-refractivity contribution in [3.63, 3.8) is 0 Å². The molecule has 0 atom stereocenters. The van der Waals surface area contributed by atoms with E-state index in [1.54, 1.807) is 0 Å². The summed E-state index contributed by atoms with van der Waals surface area (Å²) in [6.45, 7) is 15.6. The summed E-state index contributed by atoms with van der Waals surface area (Å²) in [7, 11) is 0. The Morgan fingerprint density at radius 2 is 1.34 bits per heavy atom. The SMILES string of the molecule is CC(C)(C)Cc1ccc(OCCC(N)(CCCN)CCCN)c(CC(C)(C)C)c1. The van der Waals surface area contributed by atoms with Crippen LogP contribution in [-0.2, 0) is 12.8 Å². The zero-order valence-electron chi connectivity index (χ0n) is 19.9. The van der Waals surface area contributed by atoms with Gasteiger partial charge in [-0.25, -0.2) is 0 Å². The fourth-order valence-electron chi connectivity index (χ4n) is 3.85. The van der Waals surface area contributed by atoms with Crippen LogP contribution in [0.4, 0.5) is 0 Å². The highest BCUT2D eigenvalue weighted by Crippen LogP contribution is 2.31. The van der Waals surface area contributed by atoms with Gasteiger partial charge in [-0.05, 0) is 86.1 Å². The van der Waals surface area contributed by atoms with E-state index < -0.39 is 0 Å². The smallest absolute Gasteiger partial charge is 0.122 e. The first-order valence-electron chi connectivity index (χ1n) is 11.3. The lowest BCUT2D eigenvalue weighted by atomic mass is 9.84. The largest absolute Gasteiger partial charge is 0.493 e. The van der Waals surface area contributed by atoms with E-state index in [-0.39, 0.29) is 16.4 Å². The highest BCUT2D eigenvalue weighted by Gasteiger charge is 2.24. The Morgan fingerprint density at radius 1 is 0.793 bits per heavy atom. The summed E-state index contributed by atoms with van der Waals surface area (Å²) in [4.78, 5) is 0. The maximum Gasteiger partial charge on any atom is 0.122 e. The molecule has 0 amide bonds. The molecule has 0 heterocycles. The van der Waals surface area contributed by atoms with E-state index in [4.69, 9.17) is 21.9 Å². The van der Waals surface area contributed by atoms with Crippen LogP contribution in [0.1, 0.15) is 84.8 Å². The topological polar surface area (TPSA) is 87.3 Å². The lowest BCUT2D eigenvalue weighted by Crippen LogP contribution is -2.42. The maximum absolute atomic E-state index is 6.68. The third-order valence-corrected chi connectivity index (χ3v) is 5.20. The van der Waals surface area contributed by atoms with Gasteiger partial charge in [-0.15, -0.1) is 0 Å². The standard InChI is InChI=1S/C25H47N3O/c1-23(2,3)18-20-9-10-22(21(17-20)19-24(4,5)6)29-16-13-25(28,11-7-14-26)12-8-15-27/h9-10,17H,7-8,11-16,18-19,26-28H2,1-6H3. The second-order valence-electron chi connectivity index (χ2n) is 11.2. The van der Waals surface area contributed by atoms with Gasteiger partial charge in [-0.2, -0.15) is 0 Å². The van der Waals surface area contributed by atoms with E-state index in [1.807, 2.05) is 0 Å². The van der Waals surface area contributed by atoms with Gasteiger partial charge >= 0.3 is 0 Å². The van der Waals surface area contributed by atoms with Gasteiger partial charge in [0.15, 0.2) is 0 Å². The third kappa shape index (κ3) is 11.0. The Kier molecular flexibility index (Phi) is 10.1. The molecule has 6 N–H and O–H groups in total. The molecule has 4 nitrogen and oxygen atoms in total. The molecule has 4 heteroatoms. The van der Waals surface area contributed by atoms with Gasteiger partial charge in [-0.3, -0.25) is 0 Å². The molecule has 1 aromatic carbocycles. The average molecular weight is 406 g/mol. The molecular weight excluding hydrogens is 358 g/mol. The molecule has 0 spiro atoms. The van der Waals surface area contributed by atoms with Crippen molar-refractivity contribution in [2.24, 2.45) is 28.0 Å². The van der Waals surface area contributed by atoms with Crippen molar-refractivity contribution in [2.75, 3.05) is 19.7 Å². The van der Waals surface area contributed by atoms with Gasteiger partial charge in [0.2, 0.25) is 0 Å². The second kappa shape index (κ2) is 11.3. The lowest BCUT2D eigenvalue weighted by molar-refractivity contribution is 0.232. The Balaban J connectivity index is 2.89. The Bertz CT molecular complexity index is 591. The molecule has 1 aromatic rings. The van der Waals surface area contributed by atoms with Crippen LogP contribution in [0, 0.1) is 10.8 Å². The van der Waals surface area contributed by atoms with Crippen molar-refractivity contribution in [1.29, 1.82) is 0 Å². The first-order chi connectivity index (χ1) is 13.4. The molecule has 0 aliphatic carbocycles. The second-order valence-corrected chi connectivity index (χ2v) is 11.2. The Hall–Kier alpha value is -1.10. The van der Waals surface area contributed by atoms with E-state index in [2.05, 4.69) is 59.7 Å². The summed E-state index contributed by atoms with van der Waals surface area (Å²) in [6.07, 6.45) is 6.61. The molecule has 0 fully saturated rings. The normalized spacial score (nSPS) is 13.0. The minimum atomic E-state index is -0.241. The molecule has 0 saturated heterocycles. The highest BCUT2D eigenvalue weighted by molar-refractivity contribution is 5.38. The zero-order valence-corrected chi connectivity index (χ0v) is 19.9. The zero-order chi connectivity index (χ0) is 22.1. The lowest BCUT2D eigenvalue weighted by Gasteiger charge is -2.30. The Morgan fingerprint density at radius 3 is 1.83 bits per heavy atom. The minimum Gasteiger partial charge on any atom is -0.493 e. The van der Waals surface area contributed by atoms with Crippen molar-refractivity contribution in [1.82, 2.24) is 0 Å². The predicted molar refractivity (Wildman–Crippen MR) is 126 cm³/mol. The molecule has 0 bridgehead atoms. The average Bonchev–Trinajstić information content (AvgIpc) is 2.57. The van der Waals surface area contributed by atoms with Gasteiger partial charge in [0.25, 0.3) is 0 Å². The molecule has 0 unspecified atom stereocenters. The number of hydrogen-bond donors (Lipinski definition) is 3. The fourth-order valence-corrected chi connectivity index (χ4v) is 3.85. The first-order valence-corrected chi connectivity index (χ1v) is 11.3. The molecule has 1 rings (SSSR count). The Labute approximate surface area is 179 Å². The summed E-state index contributed by atoms with van der Waals surface area (Å²) in [5, 5.41) is 0. The van der Waals surface area contributed by atoms with Crippen LogP contribution < -0.4 is 21.9 Å². The van der Waals surface area contributed by atoms with Crippen molar-refractivity contribution >= 4 is 0 Å². The molecule has 0 aliphatic rings. The summed E-state index contributed by atoms with van der Waals surface area (Å²) < 4.78 is 6.28. The monoisotopic (exact) mass is 405 g/mol. The van der Waals surface area contributed by atoms with Crippen LogP contribution in [0.25, 0.3) is 0 Å². The molecule has 0 saturated carbocycles. The van der Waals surface area contributed by atoms with Crippen molar-refractivity contribution in [3.8, 4) is 5.75 Å². The van der Waals surface area contributed by atoms with Gasteiger partial charge < -0.3 is 21.9 Å². The number of nitrogens with two attached hydrogens (primary N) is 3. The van der Waals surface area contributed by atoms with Crippen LogP contribution >= 0.6 is 0 Å². The van der Waals surface area contributed by atoms with Crippen molar-refractivity contribution in [3.05, 3.63) is 29.3 Å². The molecule has 0 aromatic heterocycles. The number of ether oxygens (including phenoxy) is 1. The quantitative estimate of drug-likeness (QED) is 0.466. The van der Waals surface area contributed by atoms with Gasteiger partial charge in [0.05, 0.1) is 6.61 Å². The number of rotatable bonds is 12. The van der Waals surface area contributed by atoms with Crippen LogP contribution in [0.5, 0.6) is 5.75 Å². The summed E-state index contributed by atoms with van der Waals surface area (Å²) in [6, 6.07) is 6.70. The van der Waals surface area contributed by atoms with Crippen LogP contribution in [0.3, 0.4) is 0 Å². The first kappa shape index (κ1) is 25.9. The predicted octanol–water partition coefficient (Wildman–Crippen LogP) is 4.81. The highest BCUT2D eigenvalue weighted by atomic mass is 16.5. The summed E-state index contributed by atoms with van der Waals surface area (Å²) >= 11 is 0. The van der Waals surface area contributed by atoms with Crippen LogP contribution in [0.2, 0.25) is 0 Å². The molecule has 0 aliphatic heterocycles.